The summed E-state index contributed by atoms with van der Waals surface area (Å²) in [5.74, 6) is 0. The number of alkyl halides is 3. The van der Waals surface area contributed by atoms with Crippen LogP contribution in [0.1, 0.15) is 28.4 Å². The summed E-state index contributed by atoms with van der Waals surface area (Å²) in [5, 5.41) is 10.6. The van der Waals surface area contributed by atoms with E-state index in [0.29, 0.717) is 33.6 Å². The van der Waals surface area contributed by atoms with Crippen LogP contribution >= 0.6 is 11.6 Å². The number of H-pyrrole nitrogens is 2. The lowest BCUT2D eigenvalue weighted by atomic mass is 9.99. The highest BCUT2D eigenvalue weighted by molar-refractivity contribution is 6.31. The Balaban J connectivity index is 1.58. The monoisotopic (exact) mass is 446 g/mol. The number of hydrogen-bond acceptors (Lipinski definition) is 3. The van der Waals surface area contributed by atoms with Crippen LogP contribution in [0.4, 0.5) is 13.2 Å². The van der Waals surface area contributed by atoms with Crippen molar-refractivity contribution >= 4 is 22.5 Å². The van der Waals surface area contributed by atoms with Crippen LogP contribution in [0.15, 0.2) is 65.6 Å². The summed E-state index contributed by atoms with van der Waals surface area (Å²) in [4.78, 5) is 14.0. The number of nitrogens with one attached hydrogen (secondary N) is 3. The molecular formula is C22H18ClF3N4O. The third kappa shape index (κ3) is 4.98. The lowest BCUT2D eigenvalue weighted by Crippen LogP contribution is -2.34. The second-order valence-electron chi connectivity index (χ2n) is 7.20. The van der Waals surface area contributed by atoms with Crippen LogP contribution in [0.25, 0.3) is 10.9 Å². The minimum absolute atomic E-state index is 0.0701. The molecule has 2 aromatic carbocycles. The largest absolute Gasteiger partial charge is 0.407 e. The average molecular weight is 447 g/mol. The Hall–Kier alpha value is -3.10. The van der Waals surface area contributed by atoms with E-state index in [1.165, 1.54) is 24.4 Å². The molecule has 4 rings (SSSR count). The molecule has 0 saturated carbocycles. The first-order chi connectivity index (χ1) is 14.8. The van der Waals surface area contributed by atoms with Crippen LogP contribution in [0.3, 0.4) is 0 Å². The van der Waals surface area contributed by atoms with Crippen molar-refractivity contribution in [1.29, 1.82) is 0 Å². The van der Waals surface area contributed by atoms with E-state index in [9.17, 15) is 18.0 Å². The van der Waals surface area contributed by atoms with E-state index in [2.05, 4.69) is 20.5 Å². The topological polar surface area (TPSA) is 73.6 Å². The highest BCUT2D eigenvalue weighted by Crippen LogP contribution is 2.34. The lowest BCUT2D eigenvalue weighted by molar-refractivity contribution is -0.158. The number of halogens is 4. The number of aromatic amines is 2. The summed E-state index contributed by atoms with van der Waals surface area (Å²) < 4.78 is 41.6. The summed E-state index contributed by atoms with van der Waals surface area (Å²) in [7, 11) is 0. The average Bonchev–Trinajstić information content (AvgIpc) is 3.10. The normalized spacial score (nSPS) is 12.9. The van der Waals surface area contributed by atoms with Crippen molar-refractivity contribution in [2.24, 2.45) is 0 Å². The zero-order valence-corrected chi connectivity index (χ0v) is 16.9. The Kier molecular flexibility index (Phi) is 5.84. The summed E-state index contributed by atoms with van der Waals surface area (Å²) in [5.41, 5.74) is 2.39. The van der Waals surface area contributed by atoms with Crippen molar-refractivity contribution in [3.8, 4) is 0 Å². The van der Waals surface area contributed by atoms with Crippen molar-refractivity contribution in [1.82, 2.24) is 20.5 Å². The van der Waals surface area contributed by atoms with Gasteiger partial charge in [-0.1, -0.05) is 35.9 Å². The SMILES string of the molecule is O=c1cc(Cc2cccc(C(NCc3[nH]nc4ccc(Cl)cc34)C(F)(F)F)c2)cc[nH]1. The molecule has 0 fully saturated rings. The first kappa shape index (κ1) is 21.1. The Morgan fingerprint density at radius 2 is 1.87 bits per heavy atom. The van der Waals surface area contributed by atoms with Gasteiger partial charge in [-0.3, -0.25) is 15.2 Å². The van der Waals surface area contributed by atoms with Gasteiger partial charge in [0.05, 0.1) is 11.2 Å². The molecule has 0 aliphatic rings. The first-order valence-electron chi connectivity index (χ1n) is 9.48. The fourth-order valence-corrected chi connectivity index (χ4v) is 3.69. The Morgan fingerprint density at radius 1 is 1.06 bits per heavy atom. The summed E-state index contributed by atoms with van der Waals surface area (Å²) >= 11 is 6.01. The molecule has 1 unspecified atom stereocenters. The van der Waals surface area contributed by atoms with E-state index in [0.717, 1.165) is 5.56 Å². The van der Waals surface area contributed by atoms with Gasteiger partial charge in [0, 0.05) is 29.2 Å². The third-order valence-corrected chi connectivity index (χ3v) is 5.17. The predicted molar refractivity (Wildman–Crippen MR) is 113 cm³/mol. The summed E-state index contributed by atoms with van der Waals surface area (Å²) in [6.45, 7) is -0.0701. The number of rotatable bonds is 6. The van der Waals surface area contributed by atoms with Crippen molar-refractivity contribution in [3.05, 3.63) is 98.6 Å². The molecule has 3 N–H and O–H groups in total. The standard InChI is InChI=1S/C22H18ClF3N4O/c23-16-4-5-18-17(11-16)19(30-29-18)12-28-21(22(24,25)26)15-3-1-2-13(9-15)8-14-6-7-27-20(31)10-14/h1-7,9-11,21,28H,8,12H2,(H,27,31)(H,29,30). The molecule has 0 saturated heterocycles. The summed E-state index contributed by atoms with van der Waals surface area (Å²) in [6, 6.07) is 12.6. The third-order valence-electron chi connectivity index (χ3n) is 4.94. The molecule has 0 radical (unpaired) electrons. The number of aromatic nitrogens is 3. The quantitative estimate of drug-likeness (QED) is 0.395. The molecule has 0 aliphatic carbocycles. The van der Waals surface area contributed by atoms with Gasteiger partial charge in [0.15, 0.2) is 0 Å². The smallest absolute Gasteiger partial charge is 0.329 e. The molecule has 2 heterocycles. The van der Waals surface area contributed by atoms with Crippen molar-refractivity contribution < 1.29 is 13.2 Å². The second-order valence-corrected chi connectivity index (χ2v) is 7.64. The lowest BCUT2D eigenvalue weighted by Gasteiger charge is -2.22. The molecular weight excluding hydrogens is 429 g/mol. The number of nitrogens with zero attached hydrogens (tertiary/aromatic N) is 1. The molecule has 4 aromatic rings. The highest BCUT2D eigenvalue weighted by Gasteiger charge is 2.40. The predicted octanol–water partition coefficient (Wildman–Crippen LogP) is 4.89. The molecule has 2 aromatic heterocycles. The van der Waals surface area contributed by atoms with Gasteiger partial charge in [0.25, 0.3) is 0 Å². The first-order valence-corrected chi connectivity index (χ1v) is 9.86. The van der Waals surface area contributed by atoms with E-state index in [1.54, 1.807) is 36.4 Å². The maximum atomic E-state index is 13.9. The van der Waals surface area contributed by atoms with Crippen LogP contribution in [0.2, 0.25) is 5.02 Å². The molecule has 0 spiro atoms. The maximum absolute atomic E-state index is 13.9. The second kappa shape index (κ2) is 8.56. The van der Waals surface area contributed by atoms with Gasteiger partial charge in [0.2, 0.25) is 5.56 Å². The van der Waals surface area contributed by atoms with Gasteiger partial charge in [0.1, 0.15) is 6.04 Å². The Labute approximate surface area is 180 Å². The van der Waals surface area contributed by atoms with Crippen LogP contribution in [-0.4, -0.2) is 21.4 Å². The molecule has 0 aliphatic heterocycles. The molecule has 31 heavy (non-hydrogen) atoms. The van der Waals surface area contributed by atoms with Gasteiger partial charge >= 0.3 is 6.18 Å². The zero-order valence-electron chi connectivity index (χ0n) is 16.1. The molecule has 160 valence electrons. The van der Waals surface area contributed by atoms with Crippen molar-refractivity contribution in [3.63, 3.8) is 0 Å². The van der Waals surface area contributed by atoms with E-state index in [4.69, 9.17) is 11.6 Å². The van der Waals surface area contributed by atoms with E-state index < -0.39 is 12.2 Å². The molecule has 9 heteroatoms. The fraction of sp³-hybridized carbons (Fsp3) is 0.182. The van der Waals surface area contributed by atoms with Crippen molar-refractivity contribution in [2.75, 3.05) is 0 Å². The fourth-order valence-electron chi connectivity index (χ4n) is 3.51. The minimum atomic E-state index is -4.50. The van der Waals surface area contributed by atoms with Gasteiger partial charge in [-0.05, 0) is 47.4 Å². The number of benzene rings is 2. The summed E-state index contributed by atoms with van der Waals surface area (Å²) in [6.07, 6.45) is -2.63. The highest BCUT2D eigenvalue weighted by atomic mass is 35.5. The van der Waals surface area contributed by atoms with Gasteiger partial charge in [-0.2, -0.15) is 18.3 Å². The molecule has 0 amide bonds. The maximum Gasteiger partial charge on any atom is 0.407 e. The van der Waals surface area contributed by atoms with E-state index >= 15 is 0 Å². The number of pyridine rings is 1. The van der Waals surface area contributed by atoms with E-state index in [-0.39, 0.29) is 17.7 Å². The zero-order chi connectivity index (χ0) is 22.0. The van der Waals surface area contributed by atoms with Crippen LogP contribution in [0.5, 0.6) is 0 Å². The van der Waals surface area contributed by atoms with Gasteiger partial charge in [-0.15, -0.1) is 0 Å². The molecule has 1 atom stereocenters. The Morgan fingerprint density at radius 3 is 2.65 bits per heavy atom. The van der Waals surface area contributed by atoms with Crippen LogP contribution in [0, 0.1) is 0 Å². The molecule has 0 bridgehead atoms. The minimum Gasteiger partial charge on any atom is -0.329 e. The van der Waals surface area contributed by atoms with Gasteiger partial charge in [-0.25, -0.2) is 0 Å². The molecule has 5 nitrogen and oxygen atoms in total. The number of fused-ring (bicyclic) bond motifs is 1. The number of hydrogen-bond donors (Lipinski definition) is 3. The van der Waals surface area contributed by atoms with Gasteiger partial charge < -0.3 is 4.98 Å². The van der Waals surface area contributed by atoms with Crippen molar-refractivity contribution in [2.45, 2.75) is 25.2 Å². The van der Waals surface area contributed by atoms with Crippen LogP contribution < -0.4 is 10.9 Å². The van der Waals surface area contributed by atoms with Crippen LogP contribution in [-0.2, 0) is 13.0 Å². The van der Waals surface area contributed by atoms with E-state index in [1.807, 2.05) is 0 Å². The Bertz CT molecular complexity index is 1270.